The SMILES string of the molecule is CNC(=O)/C=C/c1cccc(-c2cnc3[nH]cc(-c4ccc(F)nc4)c3c2)c1. The van der Waals surface area contributed by atoms with E-state index < -0.39 is 5.95 Å². The van der Waals surface area contributed by atoms with E-state index in [-0.39, 0.29) is 5.91 Å². The number of benzene rings is 1. The van der Waals surface area contributed by atoms with Crippen LogP contribution in [0.15, 0.2) is 67.1 Å². The van der Waals surface area contributed by atoms with Crippen molar-refractivity contribution < 1.29 is 9.18 Å². The van der Waals surface area contributed by atoms with Gasteiger partial charge in [0.05, 0.1) is 0 Å². The van der Waals surface area contributed by atoms with E-state index in [0.717, 1.165) is 38.9 Å². The maximum Gasteiger partial charge on any atom is 0.243 e. The summed E-state index contributed by atoms with van der Waals surface area (Å²) in [6.45, 7) is 0. The van der Waals surface area contributed by atoms with Gasteiger partial charge in [-0.1, -0.05) is 18.2 Å². The molecule has 3 aromatic heterocycles. The fraction of sp³-hybridized carbons (Fsp3) is 0.0455. The van der Waals surface area contributed by atoms with Gasteiger partial charge in [-0.2, -0.15) is 4.39 Å². The van der Waals surface area contributed by atoms with Gasteiger partial charge in [-0.25, -0.2) is 9.97 Å². The Morgan fingerprint density at radius 3 is 2.71 bits per heavy atom. The Balaban J connectivity index is 1.74. The van der Waals surface area contributed by atoms with Crippen molar-refractivity contribution in [3.05, 3.63) is 78.6 Å². The number of aromatic amines is 1. The zero-order valence-electron chi connectivity index (χ0n) is 15.1. The third kappa shape index (κ3) is 3.53. The Hall–Kier alpha value is -3.80. The summed E-state index contributed by atoms with van der Waals surface area (Å²) in [5.41, 5.74) is 5.31. The van der Waals surface area contributed by atoms with Crippen LogP contribution in [0.5, 0.6) is 0 Å². The first-order valence-corrected chi connectivity index (χ1v) is 8.73. The molecule has 1 amide bonds. The summed E-state index contributed by atoms with van der Waals surface area (Å²) in [6.07, 6.45) is 8.41. The summed E-state index contributed by atoms with van der Waals surface area (Å²) in [7, 11) is 1.59. The number of rotatable bonds is 4. The van der Waals surface area contributed by atoms with Gasteiger partial charge >= 0.3 is 0 Å². The standard InChI is InChI=1S/C22H17FN4O/c1-24-21(28)8-5-14-3-2-4-15(9-14)17-10-18-19(13-27-22(18)26-12-17)16-6-7-20(23)25-11-16/h2-13H,1H3,(H,24,28)(H,26,27)/b8-5+. The summed E-state index contributed by atoms with van der Waals surface area (Å²) < 4.78 is 13.1. The number of pyridine rings is 2. The molecule has 0 bridgehead atoms. The molecule has 0 aliphatic carbocycles. The van der Waals surface area contributed by atoms with E-state index in [0.29, 0.717) is 0 Å². The second-order valence-electron chi connectivity index (χ2n) is 6.27. The number of aromatic nitrogens is 3. The van der Waals surface area contributed by atoms with Gasteiger partial charge in [0.1, 0.15) is 5.65 Å². The topological polar surface area (TPSA) is 70.7 Å². The predicted molar refractivity (Wildman–Crippen MR) is 108 cm³/mol. The lowest BCUT2D eigenvalue weighted by atomic mass is 10.0. The smallest absolute Gasteiger partial charge is 0.243 e. The van der Waals surface area contributed by atoms with E-state index in [1.165, 1.54) is 18.3 Å². The van der Waals surface area contributed by atoms with Crippen LogP contribution in [-0.2, 0) is 4.79 Å². The minimum Gasteiger partial charge on any atom is -0.356 e. The van der Waals surface area contributed by atoms with Crippen LogP contribution in [0.3, 0.4) is 0 Å². The highest BCUT2D eigenvalue weighted by Crippen LogP contribution is 2.31. The molecular formula is C22H17FN4O. The van der Waals surface area contributed by atoms with Crippen molar-refractivity contribution >= 4 is 23.0 Å². The molecule has 0 aliphatic rings. The molecule has 0 spiro atoms. The summed E-state index contributed by atoms with van der Waals surface area (Å²) in [5.74, 6) is -0.664. The van der Waals surface area contributed by atoms with E-state index in [1.807, 2.05) is 36.5 Å². The van der Waals surface area contributed by atoms with E-state index in [1.54, 1.807) is 25.4 Å². The highest BCUT2D eigenvalue weighted by Gasteiger charge is 2.10. The number of amides is 1. The molecule has 0 aliphatic heterocycles. The van der Waals surface area contributed by atoms with Crippen LogP contribution >= 0.6 is 0 Å². The second-order valence-corrected chi connectivity index (χ2v) is 6.27. The molecule has 0 saturated heterocycles. The third-order valence-corrected chi connectivity index (χ3v) is 4.46. The highest BCUT2D eigenvalue weighted by molar-refractivity contribution is 5.96. The number of fused-ring (bicyclic) bond motifs is 1. The average Bonchev–Trinajstić information content (AvgIpc) is 3.16. The van der Waals surface area contributed by atoms with Crippen molar-refractivity contribution in [3.8, 4) is 22.3 Å². The lowest BCUT2D eigenvalue weighted by Crippen LogP contribution is -2.13. The molecule has 1 aromatic carbocycles. The molecule has 5 nitrogen and oxygen atoms in total. The predicted octanol–water partition coefficient (Wildman–Crippen LogP) is 4.19. The van der Waals surface area contributed by atoms with Crippen LogP contribution in [0.2, 0.25) is 0 Å². The Labute approximate surface area is 161 Å². The number of carbonyl (C=O) groups is 1. The Bertz CT molecular complexity index is 1180. The average molecular weight is 372 g/mol. The zero-order chi connectivity index (χ0) is 19.5. The monoisotopic (exact) mass is 372 g/mol. The van der Waals surface area contributed by atoms with Gasteiger partial charge in [-0.15, -0.1) is 0 Å². The first kappa shape index (κ1) is 17.6. The molecule has 4 aromatic rings. The number of hydrogen-bond donors (Lipinski definition) is 2. The van der Waals surface area contributed by atoms with Crippen LogP contribution in [0, 0.1) is 5.95 Å². The fourth-order valence-corrected chi connectivity index (χ4v) is 3.01. The van der Waals surface area contributed by atoms with Crippen LogP contribution in [-0.4, -0.2) is 27.9 Å². The number of hydrogen-bond acceptors (Lipinski definition) is 3. The fourth-order valence-electron chi connectivity index (χ4n) is 3.01. The quantitative estimate of drug-likeness (QED) is 0.417. The molecular weight excluding hydrogens is 355 g/mol. The van der Waals surface area contributed by atoms with Crippen molar-refractivity contribution in [2.45, 2.75) is 0 Å². The van der Waals surface area contributed by atoms with Crippen LogP contribution in [0.25, 0.3) is 39.4 Å². The van der Waals surface area contributed by atoms with Crippen molar-refractivity contribution in [2.24, 2.45) is 0 Å². The van der Waals surface area contributed by atoms with Gasteiger partial charge in [0, 0.05) is 53.8 Å². The van der Waals surface area contributed by atoms with Crippen LogP contribution in [0.1, 0.15) is 5.56 Å². The minimum atomic E-state index is -0.510. The first-order valence-electron chi connectivity index (χ1n) is 8.73. The molecule has 3 heterocycles. The summed E-state index contributed by atoms with van der Waals surface area (Å²) in [5, 5.41) is 3.48. The second kappa shape index (κ2) is 7.44. The van der Waals surface area contributed by atoms with Crippen LogP contribution in [0.4, 0.5) is 4.39 Å². The van der Waals surface area contributed by atoms with Gasteiger partial charge in [0.25, 0.3) is 0 Å². The van der Waals surface area contributed by atoms with Gasteiger partial charge < -0.3 is 10.3 Å². The van der Waals surface area contributed by atoms with Crippen molar-refractivity contribution in [1.29, 1.82) is 0 Å². The van der Waals surface area contributed by atoms with Gasteiger partial charge in [-0.3, -0.25) is 4.79 Å². The summed E-state index contributed by atoms with van der Waals surface area (Å²) in [6, 6.07) is 12.9. The molecule has 0 radical (unpaired) electrons. The maximum absolute atomic E-state index is 13.1. The molecule has 0 fully saturated rings. The Morgan fingerprint density at radius 2 is 1.93 bits per heavy atom. The van der Waals surface area contributed by atoms with Crippen molar-refractivity contribution in [3.63, 3.8) is 0 Å². The number of likely N-dealkylation sites (N-methyl/N-ethyl adjacent to an activating group) is 1. The Kier molecular flexibility index (Phi) is 4.68. The molecule has 0 atom stereocenters. The number of halogens is 1. The lowest BCUT2D eigenvalue weighted by Gasteiger charge is -2.05. The molecule has 28 heavy (non-hydrogen) atoms. The molecule has 4 rings (SSSR count). The molecule has 0 saturated carbocycles. The number of H-pyrrole nitrogens is 1. The van der Waals surface area contributed by atoms with Crippen LogP contribution < -0.4 is 5.32 Å². The van der Waals surface area contributed by atoms with Crippen molar-refractivity contribution in [2.75, 3.05) is 7.05 Å². The van der Waals surface area contributed by atoms with E-state index in [2.05, 4.69) is 20.3 Å². The zero-order valence-corrected chi connectivity index (χ0v) is 15.1. The molecule has 2 N–H and O–H groups in total. The lowest BCUT2D eigenvalue weighted by molar-refractivity contribution is -0.115. The minimum absolute atomic E-state index is 0.154. The van der Waals surface area contributed by atoms with Crippen molar-refractivity contribution in [1.82, 2.24) is 20.3 Å². The van der Waals surface area contributed by atoms with Gasteiger partial charge in [-0.05, 0) is 41.5 Å². The normalized spacial score (nSPS) is 11.2. The van der Waals surface area contributed by atoms with E-state index in [9.17, 15) is 9.18 Å². The Morgan fingerprint density at radius 1 is 1.07 bits per heavy atom. The molecule has 0 unspecified atom stereocenters. The van der Waals surface area contributed by atoms with Gasteiger partial charge in [0.15, 0.2) is 0 Å². The summed E-state index contributed by atoms with van der Waals surface area (Å²) >= 11 is 0. The number of nitrogens with zero attached hydrogens (tertiary/aromatic N) is 2. The largest absolute Gasteiger partial charge is 0.356 e. The molecule has 6 heteroatoms. The van der Waals surface area contributed by atoms with Gasteiger partial charge in [0.2, 0.25) is 11.9 Å². The molecule has 138 valence electrons. The number of carbonyl (C=O) groups excluding carboxylic acids is 1. The maximum atomic E-state index is 13.1. The summed E-state index contributed by atoms with van der Waals surface area (Å²) in [4.78, 5) is 22.8. The first-order chi connectivity index (χ1) is 13.6. The van der Waals surface area contributed by atoms with E-state index >= 15 is 0 Å². The van der Waals surface area contributed by atoms with E-state index in [4.69, 9.17) is 0 Å². The third-order valence-electron chi connectivity index (χ3n) is 4.46. The number of nitrogens with one attached hydrogen (secondary N) is 2. The highest BCUT2D eigenvalue weighted by atomic mass is 19.1.